The molecule has 0 amide bonds. The van der Waals surface area contributed by atoms with E-state index in [1.807, 2.05) is 18.2 Å². The molecule has 0 saturated carbocycles. The highest BCUT2D eigenvalue weighted by molar-refractivity contribution is 6.99. The van der Waals surface area contributed by atoms with Crippen molar-refractivity contribution >= 4 is 18.7 Å². The molecule has 7 heteroatoms. The van der Waals surface area contributed by atoms with Gasteiger partial charge in [-0.15, -0.1) is 6.58 Å². The van der Waals surface area contributed by atoms with Gasteiger partial charge in [-0.2, -0.15) is 0 Å². The van der Waals surface area contributed by atoms with Crippen LogP contribution >= 0.6 is 0 Å². The molecular weight excluding hydrogens is 468 g/mol. The lowest BCUT2D eigenvalue weighted by Gasteiger charge is -2.43. The quantitative estimate of drug-likeness (QED) is 0.373. The van der Waals surface area contributed by atoms with Crippen molar-refractivity contribution in [1.82, 2.24) is 9.55 Å². The summed E-state index contributed by atoms with van der Waals surface area (Å²) >= 11 is 0. The summed E-state index contributed by atoms with van der Waals surface area (Å²) < 4.78 is 15.1. The molecule has 2 heterocycles. The highest BCUT2D eigenvalue weighted by Gasteiger charge is 2.51. The van der Waals surface area contributed by atoms with Crippen LogP contribution in [0.1, 0.15) is 45.4 Å². The molecule has 0 bridgehead atoms. The molecule has 190 valence electrons. The van der Waals surface area contributed by atoms with E-state index < -0.39 is 20.2 Å². The third kappa shape index (κ3) is 4.96. The maximum Gasteiger partial charge on any atom is 0.330 e. The fraction of sp³-hybridized carbons (Fsp3) is 0.379. The maximum atomic E-state index is 12.6. The Morgan fingerprint density at radius 2 is 1.67 bits per heavy atom. The number of nitrogens with one attached hydrogen (secondary N) is 1. The Morgan fingerprint density at radius 1 is 1.08 bits per heavy atom. The van der Waals surface area contributed by atoms with E-state index in [9.17, 15) is 9.59 Å². The molecule has 1 aliphatic rings. The summed E-state index contributed by atoms with van der Waals surface area (Å²) in [4.78, 5) is 26.8. The van der Waals surface area contributed by atoms with Crippen molar-refractivity contribution in [3.8, 4) is 0 Å². The first-order valence-electron chi connectivity index (χ1n) is 12.5. The lowest BCUT2D eigenvalue weighted by Crippen LogP contribution is -2.67. The van der Waals surface area contributed by atoms with Gasteiger partial charge in [0.05, 0.1) is 12.7 Å². The van der Waals surface area contributed by atoms with Crippen molar-refractivity contribution in [2.45, 2.75) is 57.9 Å². The van der Waals surface area contributed by atoms with E-state index in [1.165, 1.54) is 14.9 Å². The molecule has 0 spiro atoms. The zero-order chi connectivity index (χ0) is 25.9. The van der Waals surface area contributed by atoms with Gasteiger partial charge in [-0.1, -0.05) is 87.5 Å². The Kier molecular flexibility index (Phi) is 7.64. The van der Waals surface area contributed by atoms with Crippen LogP contribution in [-0.2, 0) is 9.16 Å². The number of aromatic amines is 1. The number of aromatic nitrogens is 2. The van der Waals surface area contributed by atoms with Crippen LogP contribution in [0.4, 0.5) is 0 Å². The van der Waals surface area contributed by atoms with Crippen LogP contribution in [-0.4, -0.2) is 30.6 Å². The Morgan fingerprint density at radius 3 is 2.19 bits per heavy atom. The average molecular weight is 505 g/mol. The van der Waals surface area contributed by atoms with Crippen molar-refractivity contribution in [1.29, 1.82) is 0 Å². The number of ether oxygens (including phenoxy) is 1. The Balaban J connectivity index is 1.70. The van der Waals surface area contributed by atoms with Crippen LogP contribution in [0.25, 0.3) is 0 Å². The highest BCUT2D eigenvalue weighted by atomic mass is 28.4. The van der Waals surface area contributed by atoms with E-state index in [1.54, 1.807) is 13.1 Å². The smallest absolute Gasteiger partial charge is 0.330 e. The topological polar surface area (TPSA) is 73.3 Å². The van der Waals surface area contributed by atoms with E-state index in [-0.39, 0.29) is 22.6 Å². The molecule has 0 radical (unpaired) electrons. The number of aryl methyl sites for hydroxylation is 1. The molecule has 0 unspecified atom stereocenters. The number of H-pyrrole nitrogens is 1. The van der Waals surface area contributed by atoms with Gasteiger partial charge in [0.2, 0.25) is 0 Å². The lowest BCUT2D eigenvalue weighted by atomic mass is 9.97. The van der Waals surface area contributed by atoms with Crippen molar-refractivity contribution < 1.29 is 9.16 Å². The molecule has 36 heavy (non-hydrogen) atoms. The predicted octanol–water partition coefficient (Wildman–Crippen LogP) is 3.90. The molecule has 1 aromatic heterocycles. The number of nitrogens with zero attached hydrogens (tertiary/aromatic N) is 1. The van der Waals surface area contributed by atoms with E-state index in [0.717, 1.165) is 6.42 Å². The second kappa shape index (κ2) is 10.5. The minimum Gasteiger partial charge on any atom is -0.405 e. The van der Waals surface area contributed by atoms with Crippen LogP contribution in [0, 0.1) is 12.8 Å². The zero-order valence-electron chi connectivity index (χ0n) is 21.6. The van der Waals surface area contributed by atoms with Gasteiger partial charge in [0.15, 0.2) is 0 Å². The second-order valence-corrected chi connectivity index (χ2v) is 14.9. The molecule has 0 aliphatic carbocycles. The number of benzene rings is 2. The fourth-order valence-corrected chi connectivity index (χ4v) is 9.93. The third-order valence-electron chi connectivity index (χ3n) is 7.17. The molecule has 1 N–H and O–H groups in total. The first-order chi connectivity index (χ1) is 17.2. The first-order valence-corrected chi connectivity index (χ1v) is 14.4. The van der Waals surface area contributed by atoms with Gasteiger partial charge in [0, 0.05) is 11.8 Å². The monoisotopic (exact) mass is 504 g/mol. The van der Waals surface area contributed by atoms with Crippen molar-refractivity contribution in [3.63, 3.8) is 0 Å². The van der Waals surface area contributed by atoms with Crippen molar-refractivity contribution in [2.75, 3.05) is 6.61 Å². The van der Waals surface area contributed by atoms with Crippen LogP contribution in [0.5, 0.6) is 0 Å². The maximum absolute atomic E-state index is 12.6. The summed E-state index contributed by atoms with van der Waals surface area (Å²) in [5.74, 6) is 0.143. The minimum atomic E-state index is -2.72. The summed E-state index contributed by atoms with van der Waals surface area (Å²) in [7, 11) is -2.72. The largest absolute Gasteiger partial charge is 0.405 e. The molecule has 1 fully saturated rings. The average Bonchev–Trinajstić information content (AvgIpc) is 3.25. The Hall–Kier alpha value is -3.00. The summed E-state index contributed by atoms with van der Waals surface area (Å²) in [5.41, 5.74) is -0.351. The second-order valence-electron chi connectivity index (χ2n) is 10.6. The molecular formula is C29H36N2O4Si. The Bertz CT molecular complexity index is 1260. The fourth-order valence-electron chi connectivity index (χ4n) is 5.36. The first kappa shape index (κ1) is 26.1. The number of allylic oxidation sites excluding steroid dienone is 1. The highest BCUT2D eigenvalue weighted by Crippen LogP contribution is 2.39. The third-order valence-corrected chi connectivity index (χ3v) is 12.2. The van der Waals surface area contributed by atoms with Crippen molar-refractivity contribution in [3.05, 3.63) is 106 Å². The molecule has 6 nitrogen and oxygen atoms in total. The van der Waals surface area contributed by atoms with Crippen LogP contribution < -0.4 is 21.6 Å². The molecule has 3 atom stereocenters. The van der Waals surface area contributed by atoms with Gasteiger partial charge in [0.25, 0.3) is 13.9 Å². The number of hydrogen-bond donors (Lipinski definition) is 1. The van der Waals surface area contributed by atoms with Gasteiger partial charge in [-0.25, -0.2) is 4.79 Å². The van der Waals surface area contributed by atoms with E-state index in [0.29, 0.717) is 18.6 Å². The van der Waals surface area contributed by atoms with Gasteiger partial charge in [-0.05, 0) is 41.1 Å². The van der Waals surface area contributed by atoms with E-state index >= 15 is 0 Å². The SMILES string of the molecule is C=CC[C@H]1C[C@H](n2cc(C)c(=O)[nH]c2=O)O[C@@H]1CO[Si](c1ccccc1)(c1ccccc1)C(C)(C)C. The Labute approximate surface area is 213 Å². The standard InChI is InChI=1S/C29H36N2O4Si/c1-6-13-22-18-26(31-19-21(2)27(32)30-28(31)33)35-25(22)20-34-36(29(3,4)5,23-14-9-7-10-15-23)24-16-11-8-12-17-24/h6-12,14-17,19,22,25-26H,1,13,18,20H2,2-5H3,(H,30,32,33)/t22-,25+,26+/m0/s1. The van der Waals surface area contributed by atoms with Gasteiger partial charge >= 0.3 is 5.69 Å². The number of hydrogen-bond acceptors (Lipinski definition) is 4. The van der Waals surface area contributed by atoms with E-state index in [4.69, 9.17) is 9.16 Å². The molecule has 1 aliphatic heterocycles. The summed E-state index contributed by atoms with van der Waals surface area (Å²) in [6.45, 7) is 12.8. The minimum absolute atomic E-state index is 0.143. The van der Waals surface area contributed by atoms with E-state index in [2.05, 4.69) is 80.9 Å². The molecule has 1 saturated heterocycles. The lowest BCUT2D eigenvalue weighted by molar-refractivity contribution is -0.0292. The van der Waals surface area contributed by atoms with Crippen LogP contribution in [0.2, 0.25) is 5.04 Å². The van der Waals surface area contributed by atoms with Gasteiger partial charge < -0.3 is 9.16 Å². The normalized spacial score (nSPS) is 20.4. The van der Waals surface area contributed by atoms with Crippen LogP contribution in [0.3, 0.4) is 0 Å². The van der Waals surface area contributed by atoms with Gasteiger partial charge in [-0.3, -0.25) is 14.3 Å². The molecule has 2 aromatic carbocycles. The summed E-state index contributed by atoms with van der Waals surface area (Å²) in [5, 5.41) is 2.28. The summed E-state index contributed by atoms with van der Waals surface area (Å²) in [6.07, 6.45) is 4.20. The number of rotatable bonds is 8. The zero-order valence-corrected chi connectivity index (χ0v) is 22.6. The molecule has 3 aromatic rings. The summed E-state index contributed by atoms with van der Waals surface area (Å²) in [6, 6.07) is 21.0. The van der Waals surface area contributed by atoms with Gasteiger partial charge in [0.1, 0.15) is 6.23 Å². The van der Waals surface area contributed by atoms with Crippen molar-refractivity contribution in [2.24, 2.45) is 5.92 Å². The van der Waals surface area contributed by atoms with Crippen LogP contribution in [0.15, 0.2) is 89.1 Å². The predicted molar refractivity (Wildman–Crippen MR) is 146 cm³/mol. The molecule has 4 rings (SSSR count).